The van der Waals surface area contributed by atoms with E-state index in [0.717, 1.165) is 69.3 Å². The van der Waals surface area contributed by atoms with Gasteiger partial charge in [-0.1, -0.05) is 18.2 Å². The van der Waals surface area contributed by atoms with Gasteiger partial charge in [0.1, 0.15) is 5.75 Å². The van der Waals surface area contributed by atoms with Gasteiger partial charge in [-0.15, -0.1) is 0 Å². The number of para-hydroxylation sites is 1. The Morgan fingerprint density at radius 1 is 1.07 bits per heavy atom. The number of likely N-dealkylation sites (tertiary alicyclic amines) is 1. The van der Waals surface area contributed by atoms with Crippen LogP contribution in [-0.2, 0) is 16.0 Å². The van der Waals surface area contributed by atoms with Crippen LogP contribution in [0.15, 0.2) is 24.3 Å². The zero-order valence-corrected chi connectivity index (χ0v) is 17.5. The van der Waals surface area contributed by atoms with Crippen LogP contribution < -0.4 is 4.74 Å². The van der Waals surface area contributed by atoms with Crippen LogP contribution in [0.3, 0.4) is 0 Å². The minimum atomic E-state index is 0.0254. The van der Waals surface area contributed by atoms with E-state index in [1.807, 2.05) is 29.2 Å². The van der Waals surface area contributed by atoms with Crippen molar-refractivity contribution in [2.45, 2.75) is 44.6 Å². The summed E-state index contributed by atoms with van der Waals surface area (Å²) in [4.78, 5) is 32.0. The lowest BCUT2D eigenvalue weighted by atomic mass is 10.1. The molecule has 2 amide bonds. The number of methoxy groups -OCH3 is 1. The summed E-state index contributed by atoms with van der Waals surface area (Å²) in [7, 11) is 1.67. The summed E-state index contributed by atoms with van der Waals surface area (Å²) in [5.74, 6) is 2.11. The fraction of sp³-hybridized carbons (Fsp3) is 0.652. The Hall–Kier alpha value is -2.08. The number of rotatable bonds is 7. The average molecular weight is 400 g/mol. The maximum Gasteiger partial charge on any atom is 0.240 e. The van der Waals surface area contributed by atoms with Gasteiger partial charge in [-0.25, -0.2) is 0 Å². The molecule has 2 saturated heterocycles. The third-order valence-electron chi connectivity index (χ3n) is 6.57. The summed E-state index contributed by atoms with van der Waals surface area (Å²) < 4.78 is 5.39. The van der Waals surface area contributed by atoms with E-state index in [0.29, 0.717) is 18.7 Å². The Kier molecular flexibility index (Phi) is 6.38. The summed E-state index contributed by atoms with van der Waals surface area (Å²) in [5, 5.41) is 0. The monoisotopic (exact) mass is 399 g/mol. The van der Waals surface area contributed by atoms with Gasteiger partial charge in [0.25, 0.3) is 0 Å². The van der Waals surface area contributed by atoms with Gasteiger partial charge in [0.15, 0.2) is 0 Å². The van der Waals surface area contributed by atoms with E-state index in [-0.39, 0.29) is 11.9 Å². The van der Waals surface area contributed by atoms with Gasteiger partial charge in [0.2, 0.25) is 11.8 Å². The van der Waals surface area contributed by atoms with E-state index in [9.17, 15) is 9.59 Å². The first-order valence-electron chi connectivity index (χ1n) is 11.1. The normalized spacial score (nSPS) is 23.3. The van der Waals surface area contributed by atoms with Gasteiger partial charge in [-0.3, -0.25) is 14.5 Å². The molecular weight excluding hydrogens is 366 g/mol. The van der Waals surface area contributed by atoms with Crippen LogP contribution in [0.1, 0.15) is 37.7 Å². The van der Waals surface area contributed by atoms with Crippen LogP contribution in [0.5, 0.6) is 5.75 Å². The molecule has 158 valence electrons. The number of amides is 2. The van der Waals surface area contributed by atoms with E-state index >= 15 is 0 Å². The molecule has 1 aliphatic carbocycles. The van der Waals surface area contributed by atoms with Crippen molar-refractivity contribution >= 4 is 11.8 Å². The highest BCUT2D eigenvalue weighted by Gasteiger charge is 2.38. The Labute approximate surface area is 173 Å². The zero-order chi connectivity index (χ0) is 20.2. The second kappa shape index (κ2) is 9.16. The molecule has 1 aromatic carbocycles. The molecule has 2 aliphatic heterocycles. The summed E-state index contributed by atoms with van der Waals surface area (Å²) >= 11 is 0. The lowest BCUT2D eigenvalue weighted by Gasteiger charge is -2.26. The third kappa shape index (κ3) is 4.92. The van der Waals surface area contributed by atoms with Crippen LogP contribution in [0.2, 0.25) is 0 Å². The van der Waals surface area contributed by atoms with E-state index < -0.39 is 0 Å². The maximum absolute atomic E-state index is 12.8. The predicted molar refractivity (Wildman–Crippen MR) is 112 cm³/mol. The molecule has 6 heteroatoms. The molecule has 2 heterocycles. The van der Waals surface area contributed by atoms with Crippen molar-refractivity contribution in [2.75, 3.05) is 46.4 Å². The predicted octanol–water partition coefficient (Wildman–Crippen LogP) is 2.17. The highest BCUT2D eigenvalue weighted by molar-refractivity contribution is 5.84. The van der Waals surface area contributed by atoms with E-state index in [4.69, 9.17) is 4.74 Å². The lowest BCUT2D eigenvalue weighted by Crippen LogP contribution is -2.44. The lowest BCUT2D eigenvalue weighted by molar-refractivity contribution is -0.132. The quantitative estimate of drug-likeness (QED) is 0.705. The van der Waals surface area contributed by atoms with Gasteiger partial charge in [-0.05, 0) is 49.7 Å². The van der Waals surface area contributed by atoms with Crippen LogP contribution >= 0.6 is 0 Å². The van der Waals surface area contributed by atoms with Crippen molar-refractivity contribution in [1.82, 2.24) is 14.7 Å². The number of hydrogen-bond acceptors (Lipinski definition) is 4. The van der Waals surface area contributed by atoms with Crippen LogP contribution in [-0.4, -0.2) is 78.9 Å². The van der Waals surface area contributed by atoms with Crippen molar-refractivity contribution in [3.8, 4) is 5.75 Å². The molecule has 3 fully saturated rings. The zero-order valence-electron chi connectivity index (χ0n) is 17.5. The fourth-order valence-corrected chi connectivity index (χ4v) is 4.66. The van der Waals surface area contributed by atoms with Crippen LogP contribution in [0.25, 0.3) is 0 Å². The molecule has 0 bridgehead atoms. The number of nitrogens with zero attached hydrogens (tertiary/aromatic N) is 3. The molecule has 0 unspecified atom stereocenters. The average Bonchev–Trinajstić information content (AvgIpc) is 3.53. The highest BCUT2D eigenvalue weighted by Crippen LogP contribution is 2.31. The minimum Gasteiger partial charge on any atom is -0.496 e. The number of carbonyl (C=O) groups is 2. The number of ether oxygens (including phenoxy) is 1. The van der Waals surface area contributed by atoms with Gasteiger partial charge in [0, 0.05) is 45.7 Å². The first-order chi connectivity index (χ1) is 14.2. The fourth-order valence-electron chi connectivity index (χ4n) is 4.66. The van der Waals surface area contributed by atoms with E-state index in [1.165, 1.54) is 12.8 Å². The second-order valence-corrected chi connectivity index (χ2v) is 8.61. The van der Waals surface area contributed by atoms with Crippen LogP contribution in [0, 0.1) is 5.92 Å². The van der Waals surface area contributed by atoms with Gasteiger partial charge in [0.05, 0.1) is 13.2 Å². The molecule has 0 radical (unpaired) electrons. The van der Waals surface area contributed by atoms with Gasteiger partial charge in [-0.2, -0.15) is 0 Å². The summed E-state index contributed by atoms with van der Waals surface area (Å²) in [6.07, 6.45) is 5.63. The van der Waals surface area contributed by atoms with Crippen molar-refractivity contribution in [2.24, 2.45) is 5.92 Å². The number of benzene rings is 1. The molecule has 3 aliphatic rings. The molecule has 1 saturated carbocycles. The molecule has 29 heavy (non-hydrogen) atoms. The van der Waals surface area contributed by atoms with Gasteiger partial charge < -0.3 is 14.5 Å². The number of hydrogen-bond donors (Lipinski definition) is 0. The summed E-state index contributed by atoms with van der Waals surface area (Å²) in [6, 6.07) is 7.92. The smallest absolute Gasteiger partial charge is 0.240 e. The van der Waals surface area contributed by atoms with E-state index in [2.05, 4.69) is 9.80 Å². The van der Waals surface area contributed by atoms with Crippen molar-refractivity contribution in [3.63, 3.8) is 0 Å². The molecule has 1 atom stereocenters. The van der Waals surface area contributed by atoms with Crippen molar-refractivity contribution < 1.29 is 14.3 Å². The summed E-state index contributed by atoms with van der Waals surface area (Å²) in [5.41, 5.74) is 1.08. The summed E-state index contributed by atoms with van der Waals surface area (Å²) in [6.45, 7) is 5.07. The topological polar surface area (TPSA) is 53.1 Å². The Morgan fingerprint density at radius 3 is 2.69 bits per heavy atom. The van der Waals surface area contributed by atoms with Crippen molar-refractivity contribution in [1.29, 1.82) is 0 Å². The number of carbonyl (C=O) groups excluding carboxylic acids is 2. The van der Waals surface area contributed by atoms with Crippen LogP contribution in [0.4, 0.5) is 0 Å². The molecule has 6 nitrogen and oxygen atoms in total. The Bertz CT molecular complexity index is 734. The SMILES string of the molecule is COc1ccccc1CCC(=O)N1CCCN([C@@H]2CCN(CC3CC3)C2=O)CC1. The molecule has 4 rings (SSSR count). The second-order valence-electron chi connectivity index (χ2n) is 8.61. The first-order valence-corrected chi connectivity index (χ1v) is 11.1. The molecule has 0 aromatic heterocycles. The molecule has 0 spiro atoms. The first kappa shape index (κ1) is 20.2. The Morgan fingerprint density at radius 2 is 1.90 bits per heavy atom. The Balaban J connectivity index is 1.27. The standard InChI is InChI=1S/C23H33N3O3/c1-29-21-6-3-2-5-19(21)9-10-22(27)25-13-4-12-24(15-16-25)20-11-14-26(23(20)28)17-18-7-8-18/h2-3,5-6,18,20H,4,7-17H2,1H3/t20-/m1/s1. The van der Waals surface area contributed by atoms with Gasteiger partial charge >= 0.3 is 0 Å². The molecule has 0 N–H and O–H groups in total. The largest absolute Gasteiger partial charge is 0.496 e. The molecule has 1 aromatic rings. The van der Waals surface area contributed by atoms with E-state index in [1.54, 1.807) is 7.11 Å². The van der Waals surface area contributed by atoms with Crippen molar-refractivity contribution in [3.05, 3.63) is 29.8 Å². The third-order valence-corrected chi connectivity index (χ3v) is 6.57. The number of aryl methyl sites for hydroxylation is 1. The maximum atomic E-state index is 12.8. The highest BCUT2D eigenvalue weighted by atomic mass is 16.5. The minimum absolute atomic E-state index is 0.0254. The molecular formula is C23H33N3O3.